The third-order valence-corrected chi connectivity index (χ3v) is 5.17. The maximum absolute atomic E-state index is 13.1. The van der Waals surface area contributed by atoms with Crippen LogP contribution in [0.3, 0.4) is 0 Å². The average molecular weight is 413 g/mol. The second-order valence-corrected chi connectivity index (χ2v) is 7.15. The Morgan fingerprint density at radius 2 is 1.77 bits per heavy atom. The summed E-state index contributed by atoms with van der Waals surface area (Å²) in [5.41, 5.74) is 1.45. The van der Waals surface area contributed by atoms with Crippen LogP contribution in [0.5, 0.6) is 17.2 Å². The van der Waals surface area contributed by atoms with Gasteiger partial charge in [0.2, 0.25) is 0 Å². The molecule has 30 heavy (non-hydrogen) atoms. The second kappa shape index (κ2) is 9.09. The highest BCUT2D eigenvalue weighted by Gasteiger charge is 2.28. The Morgan fingerprint density at radius 1 is 1.10 bits per heavy atom. The fourth-order valence-corrected chi connectivity index (χ4v) is 3.49. The maximum atomic E-state index is 13.1. The number of benzene rings is 2. The largest absolute Gasteiger partial charge is 0.506 e. The van der Waals surface area contributed by atoms with Gasteiger partial charge in [-0.2, -0.15) is 0 Å². The minimum absolute atomic E-state index is 0.0661. The van der Waals surface area contributed by atoms with Crippen molar-refractivity contribution in [1.29, 1.82) is 0 Å². The predicted molar refractivity (Wildman–Crippen MR) is 111 cm³/mol. The minimum atomic E-state index is -0.587. The maximum Gasteiger partial charge on any atom is 0.178 e. The van der Waals surface area contributed by atoms with Crippen molar-refractivity contribution in [3.63, 3.8) is 0 Å². The van der Waals surface area contributed by atoms with Gasteiger partial charge in [-0.15, -0.1) is 0 Å². The van der Waals surface area contributed by atoms with Crippen LogP contribution < -0.4 is 9.47 Å². The Morgan fingerprint density at radius 3 is 2.33 bits per heavy atom. The fraction of sp³-hybridized carbons (Fsp3) is 0.304. The zero-order valence-corrected chi connectivity index (χ0v) is 17.2. The molecule has 0 unspecified atom stereocenters. The van der Waals surface area contributed by atoms with Gasteiger partial charge in [0, 0.05) is 24.7 Å². The molecule has 3 rings (SSSR count). The number of phenols is 1. The van der Waals surface area contributed by atoms with E-state index in [9.17, 15) is 19.1 Å². The van der Waals surface area contributed by atoms with Gasteiger partial charge in [0.25, 0.3) is 0 Å². The van der Waals surface area contributed by atoms with Gasteiger partial charge >= 0.3 is 0 Å². The van der Waals surface area contributed by atoms with Gasteiger partial charge in [0.05, 0.1) is 26.2 Å². The molecule has 2 aromatic carbocycles. The van der Waals surface area contributed by atoms with E-state index in [0.29, 0.717) is 24.3 Å². The molecule has 0 spiro atoms. The number of carbonyl (C=O) groups is 2. The van der Waals surface area contributed by atoms with Crippen LogP contribution >= 0.6 is 0 Å². The molecule has 1 heterocycles. The van der Waals surface area contributed by atoms with Crippen LogP contribution in [0, 0.1) is 5.82 Å². The standard InChI is InChI=1S/C23H24FNO5/c1-25-10-8-15(9-11-25)21-19(29-2)13-20(30-3)22(23(21)28)18(27)12-17(26)14-4-6-16(24)7-5-14/h4-8,13,28H,9-12H2,1-3H3. The molecule has 0 atom stereocenters. The van der Waals surface area contributed by atoms with Crippen molar-refractivity contribution in [2.45, 2.75) is 12.8 Å². The number of aromatic hydroxyl groups is 1. The van der Waals surface area contributed by atoms with Crippen molar-refractivity contribution >= 4 is 17.1 Å². The smallest absolute Gasteiger partial charge is 0.178 e. The van der Waals surface area contributed by atoms with Gasteiger partial charge in [-0.3, -0.25) is 9.59 Å². The van der Waals surface area contributed by atoms with Gasteiger partial charge in [0.1, 0.15) is 28.6 Å². The van der Waals surface area contributed by atoms with Crippen LogP contribution in [-0.2, 0) is 0 Å². The lowest BCUT2D eigenvalue weighted by atomic mass is 9.92. The molecular formula is C23H24FNO5. The van der Waals surface area contributed by atoms with E-state index in [4.69, 9.17) is 9.47 Å². The molecule has 0 saturated heterocycles. The Kier molecular flexibility index (Phi) is 6.52. The van der Waals surface area contributed by atoms with Crippen LogP contribution in [0.1, 0.15) is 39.1 Å². The number of nitrogens with zero attached hydrogens (tertiary/aromatic N) is 1. The number of phenolic OH excluding ortho intramolecular Hbond substituents is 1. The zero-order chi connectivity index (χ0) is 21.8. The lowest BCUT2D eigenvalue weighted by Gasteiger charge is -2.24. The summed E-state index contributed by atoms with van der Waals surface area (Å²) in [4.78, 5) is 27.6. The van der Waals surface area contributed by atoms with E-state index in [2.05, 4.69) is 4.90 Å². The number of ether oxygens (including phenoxy) is 2. The monoisotopic (exact) mass is 413 g/mol. The quantitative estimate of drug-likeness (QED) is 0.551. The molecule has 6 nitrogen and oxygen atoms in total. The van der Waals surface area contributed by atoms with E-state index in [0.717, 1.165) is 24.3 Å². The third kappa shape index (κ3) is 4.36. The molecule has 1 N–H and O–H groups in total. The number of rotatable bonds is 7. The van der Waals surface area contributed by atoms with Crippen molar-refractivity contribution in [3.05, 3.63) is 58.9 Å². The van der Waals surface area contributed by atoms with Crippen LogP contribution in [-0.4, -0.2) is 55.9 Å². The van der Waals surface area contributed by atoms with E-state index in [1.165, 1.54) is 26.4 Å². The molecule has 7 heteroatoms. The summed E-state index contributed by atoms with van der Waals surface area (Å²) in [6, 6.07) is 6.51. The number of ketones is 2. The highest BCUT2D eigenvalue weighted by atomic mass is 19.1. The molecule has 0 radical (unpaired) electrons. The van der Waals surface area contributed by atoms with Crippen LogP contribution in [0.4, 0.5) is 4.39 Å². The van der Waals surface area contributed by atoms with Gasteiger partial charge < -0.3 is 19.5 Å². The summed E-state index contributed by atoms with van der Waals surface area (Å²) < 4.78 is 23.8. The third-order valence-electron chi connectivity index (χ3n) is 5.17. The number of likely N-dealkylation sites (N-methyl/N-ethyl adjacent to an activating group) is 1. The predicted octanol–water partition coefficient (Wildman–Crippen LogP) is 3.72. The first-order valence-electron chi connectivity index (χ1n) is 9.53. The van der Waals surface area contributed by atoms with Crippen molar-refractivity contribution in [1.82, 2.24) is 4.90 Å². The first kappa shape index (κ1) is 21.5. The number of Topliss-reactive ketones (excluding diaryl/α,β-unsaturated/α-hetero) is 2. The first-order valence-corrected chi connectivity index (χ1v) is 9.53. The van der Waals surface area contributed by atoms with E-state index < -0.39 is 23.8 Å². The summed E-state index contributed by atoms with van der Waals surface area (Å²) in [5.74, 6) is -1.28. The van der Waals surface area contributed by atoms with Gasteiger partial charge in [-0.25, -0.2) is 4.39 Å². The van der Waals surface area contributed by atoms with Crippen LogP contribution in [0.2, 0.25) is 0 Å². The molecule has 2 aromatic rings. The van der Waals surface area contributed by atoms with Crippen molar-refractivity contribution in [2.24, 2.45) is 0 Å². The Hall–Kier alpha value is -3.19. The molecule has 0 amide bonds. The topological polar surface area (TPSA) is 76.1 Å². The summed E-state index contributed by atoms with van der Waals surface area (Å²) in [5, 5.41) is 11.0. The van der Waals surface area contributed by atoms with Crippen molar-refractivity contribution in [3.8, 4) is 17.2 Å². The molecule has 158 valence electrons. The van der Waals surface area contributed by atoms with Crippen molar-refractivity contribution < 1.29 is 28.6 Å². The van der Waals surface area contributed by atoms with E-state index in [-0.39, 0.29) is 22.6 Å². The number of hydrogen-bond acceptors (Lipinski definition) is 6. The summed E-state index contributed by atoms with van der Waals surface area (Å²) in [6.07, 6.45) is 2.17. The molecule has 1 aliphatic rings. The van der Waals surface area contributed by atoms with E-state index >= 15 is 0 Å². The SMILES string of the molecule is COc1cc(OC)c(C2=CCN(C)CC2)c(O)c1C(=O)CC(=O)c1ccc(F)cc1. The average Bonchev–Trinajstić information content (AvgIpc) is 2.74. The van der Waals surface area contributed by atoms with Crippen molar-refractivity contribution in [2.75, 3.05) is 34.4 Å². The number of hydrogen-bond donors (Lipinski definition) is 1. The highest BCUT2D eigenvalue weighted by molar-refractivity contribution is 6.16. The summed E-state index contributed by atoms with van der Waals surface area (Å²) in [7, 11) is 4.85. The summed E-state index contributed by atoms with van der Waals surface area (Å²) in [6.45, 7) is 1.50. The van der Waals surface area contributed by atoms with Gasteiger partial charge in [-0.05, 0) is 43.3 Å². The molecule has 0 aromatic heterocycles. The summed E-state index contributed by atoms with van der Waals surface area (Å²) >= 11 is 0. The highest BCUT2D eigenvalue weighted by Crippen LogP contribution is 2.44. The molecule has 0 fully saturated rings. The molecular weight excluding hydrogens is 389 g/mol. The Labute approximate surface area is 174 Å². The number of halogens is 1. The first-order chi connectivity index (χ1) is 14.3. The molecule has 0 aliphatic carbocycles. The van der Waals surface area contributed by atoms with Crippen LogP contribution in [0.25, 0.3) is 5.57 Å². The lowest BCUT2D eigenvalue weighted by Crippen LogP contribution is -2.24. The molecule has 0 saturated carbocycles. The Balaban J connectivity index is 2.00. The van der Waals surface area contributed by atoms with E-state index in [1.807, 2.05) is 13.1 Å². The number of methoxy groups -OCH3 is 2. The van der Waals surface area contributed by atoms with E-state index in [1.54, 1.807) is 6.07 Å². The minimum Gasteiger partial charge on any atom is -0.506 e. The molecule has 1 aliphatic heterocycles. The van der Waals surface area contributed by atoms with Crippen LogP contribution in [0.15, 0.2) is 36.4 Å². The van der Waals surface area contributed by atoms with Gasteiger partial charge in [0.15, 0.2) is 11.6 Å². The second-order valence-electron chi connectivity index (χ2n) is 7.15. The van der Waals surface area contributed by atoms with Gasteiger partial charge in [-0.1, -0.05) is 6.08 Å². The fourth-order valence-electron chi connectivity index (χ4n) is 3.49. The Bertz CT molecular complexity index is 998. The molecule has 0 bridgehead atoms. The number of carbonyl (C=O) groups excluding carboxylic acids is 2. The normalized spacial score (nSPS) is 14.2. The zero-order valence-electron chi connectivity index (χ0n) is 17.2. The lowest BCUT2D eigenvalue weighted by molar-refractivity contribution is 0.0891.